The van der Waals surface area contributed by atoms with Gasteiger partial charge >= 0.3 is 48.1 Å². The SMILES string of the molecule is O=P([O-])([O-])OP(=O)([O-])[O-].[Na+].[V+3]. The quantitative estimate of drug-likeness (QED) is 0.350. The molecule has 0 amide bonds. The first kappa shape index (κ1) is 18.6. The summed E-state index contributed by atoms with van der Waals surface area (Å²) in [6, 6.07) is 0. The molecule has 0 heterocycles. The van der Waals surface area contributed by atoms with Gasteiger partial charge in [-0.2, -0.15) is 0 Å². The molecule has 0 aliphatic heterocycles. The maximum absolute atomic E-state index is 9.32. The van der Waals surface area contributed by atoms with E-state index in [1.54, 1.807) is 0 Å². The minimum absolute atomic E-state index is 0. The number of hydrogen-bond donors (Lipinski definition) is 0. The van der Waals surface area contributed by atoms with Crippen molar-refractivity contribution in [3.63, 3.8) is 0 Å². The van der Waals surface area contributed by atoms with Gasteiger partial charge in [-0.15, -0.1) is 0 Å². The maximum Gasteiger partial charge on any atom is 3.00 e. The molecule has 7 nitrogen and oxygen atoms in total. The van der Waals surface area contributed by atoms with Gasteiger partial charge in [0.2, 0.25) is 0 Å². The van der Waals surface area contributed by atoms with Gasteiger partial charge in [-0.05, 0) is 0 Å². The van der Waals surface area contributed by atoms with Gasteiger partial charge in [0.15, 0.2) is 0 Å². The smallest absolute Gasteiger partial charge is 0.790 e. The van der Waals surface area contributed by atoms with E-state index in [9.17, 15) is 28.7 Å². The Morgan fingerprint density at radius 3 is 1.09 bits per heavy atom. The number of rotatable bonds is 2. The number of phosphoric acid groups is 2. The zero-order valence-corrected chi connectivity index (χ0v) is 10.4. The van der Waals surface area contributed by atoms with Crippen molar-refractivity contribution in [1.82, 2.24) is 0 Å². The molecule has 0 unspecified atom stereocenters. The van der Waals surface area contributed by atoms with E-state index in [-0.39, 0.29) is 48.1 Å². The minimum atomic E-state index is -5.68. The summed E-state index contributed by atoms with van der Waals surface area (Å²) in [5, 5.41) is 0. The van der Waals surface area contributed by atoms with Crippen molar-refractivity contribution in [2.45, 2.75) is 0 Å². The Balaban J connectivity index is -0.000000320. The molecule has 0 radical (unpaired) electrons. The van der Waals surface area contributed by atoms with Crippen LogP contribution < -0.4 is 49.1 Å². The van der Waals surface area contributed by atoms with Crippen LogP contribution in [-0.2, 0) is 32.0 Å². The molecule has 0 rings (SSSR count). The van der Waals surface area contributed by atoms with Gasteiger partial charge in [-0.3, -0.25) is 0 Å². The second kappa shape index (κ2) is 6.32. The van der Waals surface area contributed by atoms with Crippen molar-refractivity contribution in [3.05, 3.63) is 0 Å². The molecule has 0 aliphatic rings. The fourth-order valence-corrected chi connectivity index (χ4v) is 1.10. The van der Waals surface area contributed by atoms with Gasteiger partial charge in [-0.1, -0.05) is 0 Å². The van der Waals surface area contributed by atoms with Crippen LogP contribution in [0, 0.1) is 0 Å². The van der Waals surface area contributed by atoms with Crippen LogP contribution >= 0.6 is 15.6 Å². The largest absolute Gasteiger partial charge is 3.00 e. The van der Waals surface area contributed by atoms with Gasteiger partial charge in [0, 0.05) is 0 Å². The average Bonchev–Trinajstić information content (AvgIpc) is 1.14. The molecule has 0 fully saturated rings. The average molecular weight is 248 g/mol. The predicted molar refractivity (Wildman–Crippen MR) is 16.3 cm³/mol. The third-order valence-corrected chi connectivity index (χ3v) is 1.80. The zero-order chi connectivity index (χ0) is 7.71. The van der Waals surface area contributed by atoms with Crippen LogP contribution in [0.15, 0.2) is 0 Å². The van der Waals surface area contributed by atoms with Crippen molar-refractivity contribution >= 4 is 15.6 Å². The Morgan fingerprint density at radius 1 is 0.909 bits per heavy atom. The van der Waals surface area contributed by atoms with E-state index in [1.165, 1.54) is 0 Å². The first-order valence-corrected chi connectivity index (χ1v) is 4.38. The van der Waals surface area contributed by atoms with Crippen LogP contribution in [0.3, 0.4) is 0 Å². The van der Waals surface area contributed by atoms with Crippen molar-refractivity contribution in [2.75, 3.05) is 0 Å². The Hall–Kier alpha value is 1.84. The monoisotopic (exact) mass is 248 g/mol. The molecule has 0 aromatic carbocycles. The summed E-state index contributed by atoms with van der Waals surface area (Å²) < 4.78 is 21.2. The molecule has 0 aromatic heterocycles. The summed E-state index contributed by atoms with van der Waals surface area (Å²) in [6.45, 7) is 0. The van der Waals surface area contributed by atoms with Gasteiger partial charge in [0.05, 0.1) is 15.6 Å². The van der Waals surface area contributed by atoms with Crippen LogP contribution in [0.2, 0.25) is 0 Å². The summed E-state index contributed by atoms with van der Waals surface area (Å²) in [5.41, 5.74) is 0. The Kier molecular flexibility index (Phi) is 10.7. The molecule has 11 heavy (non-hydrogen) atoms. The minimum Gasteiger partial charge on any atom is -0.790 e. The molecule has 0 saturated heterocycles. The first-order chi connectivity index (χ1) is 3.71. The van der Waals surface area contributed by atoms with Crippen molar-refractivity contribution < 1.29 is 81.1 Å². The molecule has 0 spiro atoms. The van der Waals surface area contributed by atoms with Crippen LogP contribution in [0.1, 0.15) is 0 Å². The second-order valence-corrected chi connectivity index (χ2v) is 3.42. The van der Waals surface area contributed by atoms with Crippen molar-refractivity contribution in [3.8, 4) is 0 Å². The topological polar surface area (TPSA) is 136 Å². The maximum atomic E-state index is 9.32. The Morgan fingerprint density at radius 2 is 1.09 bits per heavy atom. The van der Waals surface area contributed by atoms with Crippen molar-refractivity contribution in [1.29, 1.82) is 0 Å². The molecular weight excluding hydrogens is 248 g/mol. The van der Waals surface area contributed by atoms with Crippen LogP contribution in [0.5, 0.6) is 0 Å². The van der Waals surface area contributed by atoms with Crippen molar-refractivity contribution in [2.24, 2.45) is 0 Å². The number of hydrogen-bond acceptors (Lipinski definition) is 7. The Bertz CT molecular complexity index is 157. The molecule has 0 saturated carbocycles. The molecule has 0 aromatic rings. The van der Waals surface area contributed by atoms with E-state index in [0.29, 0.717) is 0 Å². The molecule has 0 N–H and O–H groups in total. The molecule has 0 aliphatic carbocycles. The standard InChI is InChI=1S/Na.H4O7P2.V/c;1-8(2,3)7-9(4,5)6;/h;(H2,1,2,3)(H2,4,5,6);/q+1;;+3/p-4. The fourth-order valence-electron chi connectivity index (χ4n) is 0.122. The van der Waals surface area contributed by atoms with E-state index in [0.717, 1.165) is 0 Å². The fraction of sp³-hybridized carbons (Fsp3) is 0. The summed E-state index contributed by atoms with van der Waals surface area (Å²) >= 11 is 0. The van der Waals surface area contributed by atoms with E-state index < -0.39 is 15.6 Å². The van der Waals surface area contributed by atoms with Crippen LogP contribution in [-0.4, -0.2) is 0 Å². The molecule has 11 heteroatoms. The van der Waals surface area contributed by atoms with Gasteiger partial charge < -0.3 is 33.0 Å². The van der Waals surface area contributed by atoms with E-state index in [2.05, 4.69) is 4.31 Å². The van der Waals surface area contributed by atoms with Crippen LogP contribution in [0.4, 0.5) is 0 Å². The summed E-state index contributed by atoms with van der Waals surface area (Å²) in [4.78, 5) is 37.3. The second-order valence-electron chi connectivity index (χ2n) is 0.976. The van der Waals surface area contributed by atoms with Crippen LogP contribution in [0.25, 0.3) is 0 Å². The molecule has 0 bridgehead atoms. The predicted octanol–water partition coefficient (Wildman–Crippen LogP) is -6.34. The molecule has 58 valence electrons. The Labute approximate surface area is 96.2 Å². The first-order valence-electron chi connectivity index (χ1n) is 1.46. The zero-order valence-electron chi connectivity index (χ0n) is 5.20. The third-order valence-electron chi connectivity index (χ3n) is 0.200. The van der Waals surface area contributed by atoms with E-state index in [4.69, 9.17) is 0 Å². The van der Waals surface area contributed by atoms with E-state index in [1.807, 2.05) is 0 Å². The third kappa shape index (κ3) is 18.7. The summed E-state index contributed by atoms with van der Waals surface area (Å²) in [7, 11) is -11.4. The molecule has 0 atom stereocenters. The summed E-state index contributed by atoms with van der Waals surface area (Å²) in [5.74, 6) is 0. The van der Waals surface area contributed by atoms with Gasteiger partial charge in [-0.25, -0.2) is 0 Å². The van der Waals surface area contributed by atoms with Gasteiger partial charge in [0.25, 0.3) is 0 Å². The van der Waals surface area contributed by atoms with Gasteiger partial charge in [0.1, 0.15) is 0 Å². The van der Waals surface area contributed by atoms with E-state index >= 15 is 0 Å². The molecular formula is NaO7P2V. The normalized spacial score (nSPS) is 11.3. The summed E-state index contributed by atoms with van der Waals surface area (Å²) in [6.07, 6.45) is 0.